The first-order valence-corrected chi connectivity index (χ1v) is 11.6. The van der Waals surface area contributed by atoms with Crippen LogP contribution in [0.3, 0.4) is 0 Å². The first kappa shape index (κ1) is 22.8. The van der Waals surface area contributed by atoms with E-state index in [9.17, 15) is 10.1 Å². The summed E-state index contributed by atoms with van der Waals surface area (Å²) >= 11 is 0. The number of aromatic nitrogens is 2. The summed E-state index contributed by atoms with van der Waals surface area (Å²) in [5.74, 6) is 1.88. The van der Waals surface area contributed by atoms with Crippen molar-refractivity contribution < 1.29 is 14.3 Å². The van der Waals surface area contributed by atoms with E-state index in [-0.39, 0.29) is 5.91 Å². The fraction of sp³-hybridized carbons (Fsp3) is 0.308. The molecule has 0 radical (unpaired) electrons. The molecule has 1 aromatic carbocycles. The van der Waals surface area contributed by atoms with Crippen molar-refractivity contribution in [2.24, 2.45) is 5.73 Å². The topological polar surface area (TPSA) is 118 Å². The monoisotopic (exact) mass is 470 g/mol. The molecule has 1 atom stereocenters. The molecule has 0 bridgehead atoms. The maximum Gasteiger partial charge on any atom is 0.244 e. The van der Waals surface area contributed by atoms with Crippen LogP contribution in [0.5, 0.6) is 11.5 Å². The molecule has 2 aliphatic heterocycles. The zero-order chi connectivity index (χ0) is 24.4. The van der Waals surface area contributed by atoms with Crippen molar-refractivity contribution in [3.63, 3.8) is 0 Å². The quantitative estimate of drug-likeness (QED) is 0.605. The van der Waals surface area contributed by atoms with Gasteiger partial charge in [0.2, 0.25) is 5.91 Å². The molecule has 2 aromatic heterocycles. The van der Waals surface area contributed by atoms with Gasteiger partial charge < -0.3 is 25.0 Å². The molecule has 0 aliphatic carbocycles. The van der Waals surface area contributed by atoms with Gasteiger partial charge in [0.05, 0.1) is 48.5 Å². The fourth-order valence-electron chi connectivity index (χ4n) is 4.31. The van der Waals surface area contributed by atoms with Crippen LogP contribution in [-0.2, 0) is 9.53 Å². The average molecular weight is 471 g/mol. The second kappa shape index (κ2) is 9.70. The van der Waals surface area contributed by atoms with Gasteiger partial charge in [-0.1, -0.05) is 0 Å². The van der Waals surface area contributed by atoms with Gasteiger partial charge in [-0.3, -0.25) is 9.78 Å². The summed E-state index contributed by atoms with van der Waals surface area (Å²) < 4.78 is 11.8. The van der Waals surface area contributed by atoms with Gasteiger partial charge >= 0.3 is 0 Å². The number of nitriles is 1. The molecule has 4 heterocycles. The molecule has 2 aliphatic rings. The van der Waals surface area contributed by atoms with Crippen LogP contribution in [0.1, 0.15) is 17.7 Å². The molecule has 178 valence electrons. The number of rotatable bonds is 5. The van der Waals surface area contributed by atoms with Gasteiger partial charge in [-0.05, 0) is 43.7 Å². The minimum atomic E-state index is -0.459. The third kappa shape index (κ3) is 4.80. The summed E-state index contributed by atoms with van der Waals surface area (Å²) in [6.07, 6.45) is 2.30. The zero-order valence-corrected chi connectivity index (χ0v) is 19.5. The van der Waals surface area contributed by atoms with Crippen LogP contribution in [0.15, 0.2) is 48.7 Å². The number of nitrogens with zero attached hydrogens (tertiary/aromatic N) is 5. The number of hydrogen-bond donors (Lipinski definition) is 1. The number of morpholine rings is 1. The Balaban J connectivity index is 1.45. The fourth-order valence-corrected chi connectivity index (χ4v) is 4.31. The Kier molecular flexibility index (Phi) is 6.31. The maximum atomic E-state index is 12.3. The van der Waals surface area contributed by atoms with Gasteiger partial charge in [0.1, 0.15) is 17.3 Å². The lowest BCUT2D eigenvalue weighted by Crippen LogP contribution is -2.36. The molecule has 5 rings (SSSR count). The third-order valence-corrected chi connectivity index (χ3v) is 6.17. The van der Waals surface area contributed by atoms with Crippen molar-refractivity contribution in [2.75, 3.05) is 42.6 Å². The number of ether oxygens (including phenoxy) is 2. The van der Waals surface area contributed by atoms with Crippen LogP contribution in [0.4, 0.5) is 11.5 Å². The number of aryl methyl sites for hydroxylation is 1. The summed E-state index contributed by atoms with van der Waals surface area (Å²) in [7, 11) is 0. The van der Waals surface area contributed by atoms with Gasteiger partial charge in [0, 0.05) is 43.0 Å². The van der Waals surface area contributed by atoms with E-state index in [4.69, 9.17) is 15.2 Å². The average Bonchev–Trinajstić information content (AvgIpc) is 3.22. The van der Waals surface area contributed by atoms with Crippen LogP contribution >= 0.6 is 0 Å². The van der Waals surface area contributed by atoms with E-state index in [2.05, 4.69) is 20.9 Å². The number of nitrogens with two attached hydrogens (primary N) is 1. The van der Waals surface area contributed by atoms with Gasteiger partial charge in [0.25, 0.3) is 0 Å². The van der Waals surface area contributed by atoms with Crippen molar-refractivity contribution in [3.05, 3.63) is 59.9 Å². The first-order valence-electron chi connectivity index (χ1n) is 11.6. The van der Waals surface area contributed by atoms with Crippen molar-refractivity contribution in [1.29, 1.82) is 5.26 Å². The summed E-state index contributed by atoms with van der Waals surface area (Å²) in [6, 6.07) is 14.4. The van der Waals surface area contributed by atoms with Gasteiger partial charge in [-0.2, -0.15) is 5.26 Å². The van der Waals surface area contributed by atoms with Crippen molar-refractivity contribution in [1.82, 2.24) is 9.97 Å². The Hall–Kier alpha value is -4.00. The minimum absolute atomic E-state index is 0.0916. The Morgan fingerprint density at radius 3 is 2.66 bits per heavy atom. The minimum Gasteiger partial charge on any atom is -0.456 e. The van der Waals surface area contributed by atoms with E-state index in [0.29, 0.717) is 54.6 Å². The van der Waals surface area contributed by atoms with E-state index >= 15 is 0 Å². The second-order valence-electron chi connectivity index (χ2n) is 8.61. The van der Waals surface area contributed by atoms with Gasteiger partial charge in [-0.25, -0.2) is 4.98 Å². The number of benzene rings is 1. The van der Waals surface area contributed by atoms with Crippen LogP contribution in [-0.4, -0.2) is 54.8 Å². The molecule has 9 heteroatoms. The summed E-state index contributed by atoms with van der Waals surface area (Å²) in [5.41, 5.74) is 9.28. The predicted molar refractivity (Wildman–Crippen MR) is 131 cm³/mol. The first-order chi connectivity index (χ1) is 17.0. The molecule has 9 nitrogen and oxygen atoms in total. The smallest absolute Gasteiger partial charge is 0.244 e. The van der Waals surface area contributed by atoms with Crippen LogP contribution in [0.2, 0.25) is 0 Å². The maximum absolute atomic E-state index is 12.3. The van der Waals surface area contributed by atoms with Gasteiger partial charge in [0.15, 0.2) is 0 Å². The number of carbonyl (C=O) groups is 1. The number of anilines is 2. The lowest BCUT2D eigenvalue weighted by Gasteiger charge is -2.28. The van der Waals surface area contributed by atoms with Crippen molar-refractivity contribution >= 4 is 17.4 Å². The lowest BCUT2D eigenvalue weighted by molar-refractivity contribution is -0.118. The standard InChI is InChI=1S/C26H26N6O3/c1-17-12-20(14-25(30-17)31-8-10-34-11-9-31)35-24-13-18(15-27)2-4-21(24)23-5-3-19(16-29-23)32-7-6-22(28)26(32)33/h2-5,12-14,16,22H,6-11,28H2,1H3/t22-/m0/s1. The molecular formula is C26H26N6O3. The molecule has 0 saturated carbocycles. The highest BCUT2D eigenvalue weighted by Crippen LogP contribution is 2.35. The Morgan fingerprint density at radius 2 is 1.97 bits per heavy atom. The number of hydrogen-bond acceptors (Lipinski definition) is 8. The van der Waals surface area contributed by atoms with Crippen molar-refractivity contribution in [2.45, 2.75) is 19.4 Å². The molecule has 1 amide bonds. The van der Waals surface area contributed by atoms with Gasteiger partial charge in [-0.15, -0.1) is 0 Å². The van der Waals surface area contributed by atoms with Crippen LogP contribution in [0.25, 0.3) is 11.3 Å². The van der Waals surface area contributed by atoms with E-state index in [0.717, 1.165) is 30.2 Å². The Labute approximate surface area is 203 Å². The van der Waals surface area contributed by atoms with Crippen LogP contribution in [0, 0.1) is 18.3 Å². The molecule has 2 saturated heterocycles. The Bertz CT molecular complexity index is 1280. The number of amides is 1. The normalized spacial score (nSPS) is 18.0. The molecular weight excluding hydrogens is 444 g/mol. The van der Waals surface area contributed by atoms with E-state index < -0.39 is 6.04 Å². The predicted octanol–water partition coefficient (Wildman–Crippen LogP) is 3.02. The third-order valence-electron chi connectivity index (χ3n) is 6.17. The summed E-state index contributed by atoms with van der Waals surface area (Å²) in [6.45, 7) is 5.37. The Morgan fingerprint density at radius 1 is 1.14 bits per heavy atom. The SMILES string of the molecule is Cc1cc(Oc2cc(C#N)ccc2-c2ccc(N3CC[C@H](N)C3=O)cn2)cc(N2CCOCC2)n1. The van der Waals surface area contributed by atoms with E-state index in [1.807, 2.05) is 37.3 Å². The summed E-state index contributed by atoms with van der Waals surface area (Å²) in [4.78, 5) is 25.3. The lowest BCUT2D eigenvalue weighted by atomic mass is 10.1. The highest BCUT2D eigenvalue weighted by Gasteiger charge is 2.29. The largest absolute Gasteiger partial charge is 0.456 e. The van der Waals surface area contributed by atoms with Crippen LogP contribution < -0.4 is 20.3 Å². The van der Waals surface area contributed by atoms with Crippen molar-refractivity contribution in [3.8, 4) is 28.8 Å². The molecule has 3 aromatic rings. The second-order valence-corrected chi connectivity index (χ2v) is 8.61. The highest BCUT2D eigenvalue weighted by atomic mass is 16.5. The number of carbonyl (C=O) groups excluding carboxylic acids is 1. The molecule has 0 unspecified atom stereocenters. The molecule has 2 N–H and O–H groups in total. The molecule has 2 fully saturated rings. The van der Waals surface area contributed by atoms with E-state index in [1.54, 1.807) is 23.2 Å². The van der Waals surface area contributed by atoms with E-state index in [1.165, 1.54) is 0 Å². The number of pyridine rings is 2. The summed E-state index contributed by atoms with van der Waals surface area (Å²) in [5, 5.41) is 9.45. The molecule has 0 spiro atoms. The zero-order valence-electron chi connectivity index (χ0n) is 19.5. The molecule has 35 heavy (non-hydrogen) atoms. The highest BCUT2D eigenvalue weighted by molar-refractivity contribution is 5.99.